The molecule has 0 amide bonds. The van der Waals surface area contributed by atoms with Crippen molar-refractivity contribution in [1.29, 1.82) is 0 Å². The zero-order valence-electron chi connectivity index (χ0n) is 32.6. The quantitative estimate of drug-likeness (QED) is 0.256. The van der Waals surface area contributed by atoms with Gasteiger partial charge in [0, 0.05) is 18.6 Å². The molecule has 280 valence electrons. The largest absolute Gasteiger partial charge is 1.00 e. The molecular formula is C41H62NNaO4S4. The van der Waals surface area contributed by atoms with Gasteiger partial charge >= 0.3 is 29.6 Å². The second kappa shape index (κ2) is 29.4. The first-order valence-electron chi connectivity index (χ1n) is 18.4. The smallest absolute Gasteiger partial charge is 1.00 e. The van der Waals surface area contributed by atoms with Crippen molar-refractivity contribution in [3.05, 3.63) is 83.9 Å². The van der Waals surface area contributed by atoms with E-state index in [-0.39, 0.29) is 36.7 Å². The number of thioether (sulfide) groups is 3. The summed E-state index contributed by atoms with van der Waals surface area (Å²) >= 11 is 5.91. The van der Waals surface area contributed by atoms with Crippen molar-refractivity contribution in [3.63, 3.8) is 0 Å². The fraction of sp³-hybridized carbons (Fsp3) is 0.561. The van der Waals surface area contributed by atoms with Gasteiger partial charge in [-0.25, -0.2) is 0 Å². The van der Waals surface area contributed by atoms with Crippen molar-refractivity contribution in [2.24, 2.45) is 4.36 Å². The Hall–Kier alpha value is -0.940. The predicted molar refractivity (Wildman–Crippen MR) is 225 cm³/mol. The van der Waals surface area contributed by atoms with Gasteiger partial charge in [0.1, 0.15) is 33.9 Å². The molecule has 0 aromatic heterocycles. The molecule has 0 radical (unpaired) electrons. The molecule has 2 unspecified atom stereocenters. The molecule has 0 spiro atoms. The number of hydrogen-bond donors (Lipinski definition) is 2. The summed E-state index contributed by atoms with van der Waals surface area (Å²) in [5, 5.41) is 17.9. The Morgan fingerprint density at radius 3 is 1.29 bits per heavy atom. The maximum Gasteiger partial charge on any atom is 1.00 e. The summed E-state index contributed by atoms with van der Waals surface area (Å²) in [5.74, 6) is 10.5. The molecule has 4 saturated heterocycles. The van der Waals surface area contributed by atoms with Crippen LogP contribution in [-0.4, -0.2) is 62.6 Å². The third-order valence-corrected chi connectivity index (χ3v) is 13.9. The number of aryl methyl sites for hydroxylation is 2. The molecule has 0 bridgehead atoms. The fourth-order valence-electron chi connectivity index (χ4n) is 5.28. The number of ether oxygens (including phenoxy) is 2. The molecule has 2 N–H and O–H groups in total. The van der Waals surface area contributed by atoms with Crippen LogP contribution in [0.3, 0.4) is 0 Å². The van der Waals surface area contributed by atoms with Crippen LogP contribution in [0.25, 0.3) is 0 Å². The average Bonchev–Trinajstić information content (AvgIpc) is 3.18. The molecular weight excluding hydrogens is 722 g/mol. The molecule has 51 heavy (non-hydrogen) atoms. The van der Waals surface area contributed by atoms with E-state index in [1.807, 2.05) is 61.8 Å². The van der Waals surface area contributed by atoms with E-state index in [2.05, 4.69) is 47.3 Å². The molecule has 5 nitrogen and oxygen atoms in total. The summed E-state index contributed by atoms with van der Waals surface area (Å²) in [6.07, 6.45) is 16.2. The van der Waals surface area contributed by atoms with Gasteiger partial charge in [-0.1, -0.05) is 48.2 Å². The van der Waals surface area contributed by atoms with Gasteiger partial charge in [-0.15, -0.1) is 34.2 Å². The first-order chi connectivity index (χ1) is 24.4. The van der Waals surface area contributed by atoms with Crippen LogP contribution in [-0.2, 0) is 10.7 Å². The molecule has 4 aliphatic rings. The van der Waals surface area contributed by atoms with Gasteiger partial charge in [0.2, 0.25) is 0 Å². The van der Waals surface area contributed by atoms with E-state index in [4.69, 9.17) is 19.7 Å². The zero-order chi connectivity index (χ0) is 35.7. The van der Waals surface area contributed by atoms with E-state index in [1.54, 1.807) is 24.3 Å². The van der Waals surface area contributed by atoms with E-state index in [9.17, 15) is 0 Å². The predicted octanol–water partition coefficient (Wildman–Crippen LogP) is 8.95. The number of benzene rings is 3. The Kier molecular flexibility index (Phi) is 26.7. The van der Waals surface area contributed by atoms with E-state index >= 15 is 0 Å². The van der Waals surface area contributed by atoms with Gasteiger partial charge in [-0.05, 0) is 150 Å². The normalized spacial score (nSPS) is 19.9. The first-order valence-corrected chi connectivity index (χ1v) is 23.2. The third-order valence-electron chi connectivity index (χ3n) is 8.30. The van der Waals surface area contributed by atoms with Crippen LogP contribution in [0.2, 0.25) is 0 Å². The molecule has 3 aromatic rings. The van der Waals surface area contributed by atoms with E-state index in [0.717, 1.165) is 17.9 Å². The maximum atomic E-state index is 9.10. The van der Waals surface area contributed by atoms with E-state index < -0.39 is 0 Å². The Bertz CT molecular complexity index is 1200. The number of hydrogen-bond acceptors (Lipinski definition) is 8. The number of phenols is 2. The van der Waals surface area contributed by atoms with Crippen molar-refractivity contribution >= 4 is 46.0 Å². The average molecular weight is 784 g/mol. The van der Waals surface area contributed by atoms with Gasteiger partial charge in [0.25, 0.3) is 0 Å². The summed E-state index contributed by atoms with van der Waals surface area (Å²) in [6, 6.07) is 22.3. The Balaban J connectivity index is 0.000000334. The van der Waals surface area contributed by atoms with Crippen molar-refractivity contribution in [3.8, 4) is 23.0 Å². The van der Waals surface area contributed by atoms with Crippen LogP contribution in [0.1, 0.15) is 89.6 Å². The fourth-order valence-corrected chi connectivity index (χ4v) is 10.2. The first kappa shape index (κ1) is 46.2. The Labute approximate surface area is 348 Å². The molecule has 10 heteroatoms. The van der Waals surface area contributed by atoms with Crippen molar-refractivity contribution in [2.75, 3.05) is 41.6 Å². The zero-order valence-corrected chi connectivity index (χ0v) is 36.9. The second-order valence-corrected chi connectivity index (χ2v) is 18.6. The molecule has 0 saturated carbocycles. The summed E-state index contributed by atoms with van der Waals surface area (Å²) in [5.41, 5.74) is 3.14. The number of rotatable bonds is 4. The summed E-state index contributed by atoms with van der Waals surface area (Å²) in [7, 11) is 2.43. The molecule has 3 aromatic carbocycles. The van der Waals surface area contributed by atoms with Crippen LogP contribution in [0, 0.1) is 13.8 Å². The molecule has 4 aliphatic heterocycles. The van der Waals surface area contributed by atoms with E-state index in [1.165, 1.54) is 116 Å². The topological polar surface area (TPSA) is 71.3 Å². The van der Waals surface area contributed by atoms with Gasteiger partial charge < -0.3 is 21.1 Å². The number of aromatic hydroxyl groups is 2. The van der Waals surface area contributed by atoms with E-state index in [0.29, 0.717) is 27.3 Å². The standard InChI is InChI=1S/C12H16OS.C11H14O2S.C7H8O.C6H13NS.C5H10S.Na.H/c1-10-5-7-11(8-6-10)13-12-4-2-3-9-14-12;12-9-4-6-10(7-5-9)13-11-3-1-2-8-14-11;1-6-2-4-7(8)5-3-6;1-7-8-5-3-2-4-6-8;1-2-4-6-5-3-1;;/h5-8,12H,2-4,9H2,1H3;4-7,11-12H,1-3,8H2;2-5,8H,1H3;2-6H2,1H3;1-5H2;;/q;;;;;+1;-1. The van der Waals surface area contributed by atoms with Crippen LogP contribution >= 0.6 is 35.3 Å². The van der Waals surface area contributed by atoms with Crippen molar-refractivity contribution < 1.29 is 50.7 Å². The van der Waals surface area contributed by atoms with Gasteiger partial charge in [0.15, 0.2) is 0 Å². The van der Waals surface area contributed by atoms with Gasteiger partial charge in [-0.2, -0.15) is 11.8 Å². The monoisotopic (exact) mass is 783 g/mol. The molecule has 7 rings (SSSR count). The molecule has 4 fully saturated rings. The van der Waals surface area contributed by atoms with Gasteiger partial charge in [0.05, 0.1) is 0 Å². The molecule has 2 atom stereocenters. The SMILES string of the molecule is C1CCSCC1.CN=S1CCCCC1.Cc1ccc(O)cc1.Cc1ccc(OC2CCCCS2)cc1.Oc1ccc(OC2CCCCS2)cc1.[H-].[Na+]. The molecule has 0 aliphatic carbocycles. The van der Waals surface area contributed by atoms with Gasteiger partial charge in [-0.3, -0.25) is 4.36 Å². The molecule has 4 heterocycles. The maximum absolute atomic E-state index is 9.10. The minimum Gasteiger partial charge on any atom is -1.00 e. The minimum absolute atomic E-state index is 0. The Morgan fingerprint density at radius 2 is 0.961 bits per heavy atom. The minimum atomic E-state index is 0. The van der Waals surface area contributed by atoms with Crippen LogP contribution in [0.4, 0.5) is 0 Å². The summed E-state index contributed by atoms with van der Waals surface area (Å²) in [4.78, 5) is 0. The number of nitrogens with zero attached hydrogens (tertiary/aromatic N) is 1. The second-order valence-electron chi connectivity index (χ2n) is 12.8. The summed E-state index contributed by atoms with van der Waals surface area (Å²) in [6.45, 7) is 4.08. The van der Waals surface area contributed by atoms with Crippen LogP contribution in [0.15, 0.2) is 77.2 Å². The van der Waals surface area contributed by atoms with Crippen LogP contribution in [0.5, 0.6) is 23.0 Å². The van der Waals surface area contributed by atoms with Crippen molar-refractivity contribution in [1.82, 2.24) is 0 Å². The summed E-state index contributed by atoms with van der Waals surface area (Å²) < 4.78 is 15.9. The van der Waals surface area contributed by atoms with Crippen molar-refractivity contribution in [2.45, 2.75) is 102 Å². The van der Waals surface area contributed by atoms with Crippen LogP contribution < -0.4 is 39.0 Å². The number of phenolic OH excluding ortho intramolecular Hbond substituents is 2. The third kappa shape index (κ3) is 22.8. The Morgan fingerprint density at radius 1 is 0.569 bits per heavy atom.